The van der Waals surface area contributed by atoms with E-state index in [1.807, 2.05) is 86.9 Å². The Morgan fingerprint density at radius 2 is 0.879 bits per heavy atom. The summed E-state index contributed by atoms with van der Waals surface area (Å²) in [6.07, 6.45) is 10.9. The molecule has 32 heteroatoms. The van der Waals surface area contributed by atoms with Gasteiger partial charge in [0.25, 0.3) is 11.1 Å². The van der Waals surface area contributed by atoms with E-state index in [1.54, 1.807) is 160 Å². The Morgan fingerprint density at radius 1 is 0.476 bits per heavy atom. The van der Waals surface area contributed by atoms with Crippen LogP contribution in [0.25, 0.3) is 66.1 Å². The number of ether oxygens (including phenoxy) is 6. The predicted molar refractivity (Wildman–Crippen MR) is 508 cm³/mol. The number of pyridine rings is 9. The minimum absolute atomic E-state index is 0. The zero-order valence-corrected chi connectivity index (χ0v) is 75.1. The van der Waals surface area contributed by atoms with E-state index in [0.717, 1.165) is 102 Å². The van der Waals surface area contributed by atoms with Crippen LogP contribution in [0.3, 0.4) is 0 Å². The molecule has 124 heavy (non-hydrogen) atoms. The highest BCUT2D eigenvalue weighted by Gasteiger charge is 2.22. The second-order valence-electron chi connectivity index (χ2n) is 26.2. The third-order valence-corrected chi connectivity index (χ3v) is 21.0. The number of nitrogens with zero attached hydrogens (tertiary/aromatic N) is 12. The number of nitrogens with one attached hydrogen (secondary N) is 3. The number of likely N-dealkylation sites (N-methyl/N-ethyl adjacent to an activating group) is 2. The molecule has 13 rings (SSSR count). The van der Waals surface area contributed by atoms with Gasteiger partial charge in [-0.15, -0.1) is 0 Å². The van der Waals surface area contributed by atoms with Crippen LogP contribution in [0.2, 0.25) is 35.5 Å². The maximum absolute atomic E-state index is 13.5. The van der Waals surface area contributed by atoms with E-state index >= 15 is 0 Å². The molecule has 0 amide bonds. The molecule has 0 fully saturated rings. The number of hydrogen-bond donors (Lipinski definition) is 4. The molecule has 0 bridgehead atoms. The van der Waals surface area contributed by atoms with E-state index < -0.39 is 0 Å². The van der Waals surface area contributed by atoms with Crippen molar-refractivity contribution >= 4 is 143 Å². The molecule has 0 aliphatic carbocycles. The highest BCUT2D eigenvalue weighted by atomic mass is 35.5. The van der Waals surface area contributed by atoms with Gasteiger partial charge in [0.05, 0.1) is 102 Å². The smallest absolute Gasteiger partial charge is 0.259 e. The number of nitriles is 1. The van der Waals surface area contributed by atoms with Crippen LogP contribution >= 0.6 is 81.2 Å². The minimum atomic E-state index is -0.150. The molecule has 25 nitrogen and oxygen atoms in total. The van der Waals surface area contributed by atoms with Crippen molar-refractivity contribution in [2.45, 2.75) is 96.3 Å². The lowest BCUT2D eigenvalue weighted by molar-refractivity contribution is 0.112. The van der Waals surface area contributed by atoms with Crippen LogP contribution in [0.1, 0.15) is 86.2 Å². The van der Waals surface area contributed by atoms with Crippen molar-refractivity contribution < 1.29 is 33.2 Å². The first-order valence-corrected chi connectivity index (χ1v) is 41.7. The number of halogens is 7. The second kappa shape index (κ2) is 51.1. The van der Waals surface area contributed by atoms with E-state index in [0.29, 0.717) is 159 Å². The van der Waals surface area contributed by atoms with Crippen LogP contribution in [-0.4, -0.2) is 147 Å². The number of aromatic nitrogens is 9. The van der Waals surface area contributed by atoms with Gasteiger partial charge >= 0.3 is 0 Å². The normalized spacial score (nSPS) is 10.5. The van der Waals surface area contributed by atoms with Gasteiger partial charge in [0.1, 0.15) is 86.1 Å². The molecule has 9 heterocycles. The fourth-order valence-corrected chi connectivity index (χ4v) is 14.3. The van der Waals surface area contributed by atoms with E-state index in [1.165, 1.54) is 6.20 Å². The second-order valence-corrected chi connectivity index (χ2v) is 29.0. The number of carbonyl (C=O) groups excluding carboxylic acids is 1. The molecule has 9 aromatic heterocycles. The summed E-state index contributed by atoms with van der Waals surface area (Å²) in [7, 11) is 6.27. The van der Waals surface area contributed by atoms with Gasteiger partial charge in [-0.2, -0.15) is 5.26 Å². The standard InChI is InChI=1S/C28H32ClN5O3.C17H15Cl2N3O.C17H14Cl2N2O2.C11H19N3O.C9H8ClNO.C8H9ClN2O.2CH4/c1-5-33(6-2)13-14-37-20-11-12-25(31-18-20)32-26-16-23-19(17-30-26)15-21(28(35)34(23)7-3)27-22(29)9-8-10-24(27)36-4;1-3-22-13-8-15(19)21-9-10(13)7-11(17(22)20)16-12(18)5-4-6-14(16)23-2;1-3-21-13-8-15(19)20-9-10(13)7-11(17(21)22)16-12(18)5-4-6-14(16)23-2;1-3-14(4-2)7-8-15-10-5-6-11(12)13-9-10;1-12-9-4-2-3-8(10)7(9)5-6-11;1-2-10-7-3-8(9)11-4-6(7)5-12;;/h8-12,15-18H,5-7,13-14H2,1-4H3,(H,30,31,32);4-9,20H,3H2,1-2H3;4-9H,3H2,1-2H3;5-6,9H,3-4,7-8H2,1-2H3,(H2,12,13);2-4H,5H2,1H3;3-5H,2H2,1H3,(H,10,11);2*1H4. The van der Waals surface area contributed by atoms with Gasteiger partial charge in [0.15, 0.2) is 6.29 Å². The van der Waals surface area contributed by atoms with Crippen molar-refractivity contribution in [3.8, 4) is 73.9 Å². The van der Waals surface area contributed by atoms with Gasteiger partial charge in [-0.1, -0.05) is 148 Å². The van der Waals surface area contributed by atoms with Crippen molar-refractivity contribution in [1.82, 2.24) is 53.4 Å². The summed E-state index contributed by atoms with van der Waals surface area (Å²) in [6, 6.07) is 43.2. The number of benzene rings is 4. The number of fused-ring (bicyclic) bond motifs is 3. The van der Waals surface area contributed by atoms with Crippen LogP contribution in [0.15, 0.2) is 186 Å². The fourth-order valence-electron chi connectivity index (χ4n) is 12.8. The summed E-state index contributed by atoms with van der Waals surface area (Å²) in [6.45, 7) is 26.0. The Kier molecular flexibility index (Phi) is 41.8. The minimum Gasteiger partial charge on any atom is -0.496 e. The van der Waals surface area contributed by atoms with Crippen LogP contribution in [-0.2, 0) is 26.1 Å². The van der Waals surface area contributed by atoms with Crippen molar-refractivity contribution in [1.29, 1.82) is 10.7 Å². The third-order valence-electron chi connectivity index (χ3n) is 19.1. The summed E-state index contributed by atoms with van der Waals surface area (Å²) in [5, 5.41) is 29.0. The summed E-state index contributed by atoms with van der Waals surface area (Å²) in [5.74, 6) is 5.63. The molecule has 0 unspecified atom stereocenters. The number of rotatable bonds is 28. The van der Waals surface area contributed by atoms with Gasteiger partial charge in [-0.25, -0.2) is 29.9 Å². The molecule has 0 radical (unpaired) electrons. The Bertz CT molecular complexity index is 5760. The molecule has 0 atom stereocenters. The predicted octanol–water partition coefficient (Wildman–Crippen LogP) is 21.6. The summed E-state index contributed by atoms with van der Waals surface area (Å²) < 4.78 is 37.9. The van der Waals surface area contributed by atoms with Gasteiger partial charge in [0.2, 0.25) is 0 Å². The number of methoxy groups -OCH3 is 4. The monoisotopic (exact) mass is 1820 g/mol. The molecule has 0 aliphatic heterocycles. The number of nitrogens with two attached hydrogens (primary N) is 1. The zero-order valence-electron chi connectivity index (χ0n) is 69.8. The Morgan fingerprint density at radius 3 is 1.30 bits per heavy atom. The largest absolute Gasteiger partial charge is 0.496 e. The third kappa shape index (κ3) is 26.9. The molecule has 656 valence electrons. The van der Waals surface area contributed by atoms with Gasteiger partial charge < -0.3 is 68.3 Å². The Hall–Kier alpha value is -11.3. The van der Waals surface area contributed by atoms with Gasteiger partial charge in [-0.3, -0.25) is 19.8 Å². The highest BCUT2D eigenvalue weighted by Crippen LogP contribution is 2.40. The van der Waals surface area contributed by atoms with E-state index in [9.17, 15) is 14.4 Å². The first-order chi connectivity index (χ1) is 58.9. The quantitative estimate of drug-likeness (QED) is 0.0262. The topological polar surface area (TPSA) is 303 Å². The van der Waals surface area contributed by atoms with Crippen molar-refractivity contribution in [2.24, 2.45) is 0 Å². The lowest BCUT2D eigenvalue weighted by Gasteiger charge is -2.18. The fraction of sp³-hybridized carbons (Fsp3) is 0.293. The first-order valence-electron chi connectivity index (χ1n) is 39.1. The number of anilines is 4. The summed E-state index contributed by atoms with van der Waals surface area (Å²) in [5.41, 5.74) is 13.4. The van der Waals surface area contributed by atoms with Crippen molar-refractivity contribution in [2.75, 3.05) is 104 Å². The maximum Gasteiger partial charge on any atom is 0.259 e. The Labute approximate surface area is 759 Å². The zero-order chi connectivity index (χ0) is 88.5. The van der Waals surface area contributed by atoms with E-state index in [4.69, 9.17) is 126 Å². The van der Waals surface area contributed by atoms with Crippen LogP contribution in [0.5, 0.6) is 34.5 Å². The summed E-state index contributed by atoms with van der Waals surface area (Å²) >= 11 is 42.6. The molecule has 4 aromatic carbocycles. The van der Waals surface area contributed by atoms with Gasteiger partial charge in [0, 0.05) is 125 Å². The van der Waals surface area contributed by atoms with E-state index in [-0.39, 0.29) is 32.4 Å². The molecule has 0 spiro atoms. The number of hydrogen-bond acceptors (Lipinski definition) is 22. The van der Waals surface area contributed by atoms with Crippen molar-refractivity contribution in [3.05, 3.63) is 250 Å². The van der Waals surface area contributed by atoms with Crippen LogP contribution in [0, 0.1) is 16.7 Å². The van der Waals surface area contributed by atoms with E-state index in [2.05, 4.69) is 78.0 Å². The number of aldehydes is 1. The molecule has 0 saturated carbocycles. The number of nitrogen functional groups attached to an aromatic ring is 1. The molecular formula is C92H105Cl7N16O9. The molecule has 0 saturated heterocycles. The molecule has 5 N–H and O–H groups in total. The maximum atomic E-state index is 13.5. The van der Waals surface area contributed by atoms with Crippen LogP contribution in [0.4, 0.5) is 23.1 Å². The first kappa shape index (κ1) is 102. The van der Waals surface area contributed by atoms with Crippen LogP contribution < -0.4 is 61.4 Å². The SMILES string of the molecule is C.C.CCN(CC)CCOc1ccc(N)nc1.CCN(CC)CCOc1ccc(Nc2cc3c(cn2)cc(-c2c(Cl)cccc2OC)c(=O)n3CC)nc1.CCNc1cc(Cl)ncc1C=O.CCn1c(=N)c(-c2c(Cl)cccc2OC)cc2cnc(Cl)cc21.CCn1c(=O)c(-c2c(Cl)cccc2OC)cc2cnc(Cl)cc21.COc1cccc(Cl)c1CC#N. The van der Waals surface area contributed by atoms with Gasteiger partial charge in [-0.05, 0) is 163 Å². The molecule has 0 aliphatic rings. The summed E-state index contributed by atoms with van der Waals surface area (Å²) in [4.78, 5) is 66.5. The number of aryl methyl sites for hydroxylation is 3. The molecular weight excluding hydrogens is 1720 g/mol. The average molecular weight is 1830 g/mol. The number of carbonyl (C=O) groups is 1. The van der Waals surface area contributed by atoms with Crippen molar-refractivity contribution in [3.63, 3.8) is 0 Å². The molecule has 13 aromatic rings. The Balaban J connectivity index is 0.000000241. The lowest BCUT2D eigenvalue weighted by atomic mass is 10.0. The lowest BCUT2D eigenvalue weighted by Crippen LogP contribution is -2.27. The average Bonchev–Trinajstić information content (AvgIpc) is 0.777. The highest BCUT2D eigenvalue weighted by molar-refractivity contribution is 6.35.